The molecule has 0 amide bonds. The van der Waals surface area contributed by atoms with Gasteiger partial charge in [-0.2, -0.15) is 0 Å². The molecule has 2 aromatic rings. The van der Waals surface area contributed by atoms with E-state index in [1.54, 1.807) is 12.1 Å². The largest absolute Gasteiger partial charge is 0.504 e. The normalized spacial score (nSPS) is 10.1. The summed E-state index contributed by atoms with van der Waals surface area (Å²) in [5.74, 6) is 0.0252. The van der Waals surface area contributed by atoms with Crippen LogP contribution in [0, 0.1) is 0 Å². The third kappa shape index (κ3) is 3.67. The van der Waals surface area contributed by atoms with E-state index in [1.165, 1.54) is 32.4 Å². The summed E-state index contributed by atoms with van der Waals surface area (Å²) in [6.45, 7) is 0.128. The number of hydrogen-bond donors (Lipinski definition) is 1. The molecule has 0 atom stereocenters. The number of halogens is 1. The fourth-order valence-electron chi connectivity index (χ4n) is 1.71. The molecule has 0 unspecified atom stereocenters. The highest BCUT2D eigenvalue weighted by Gasteiger charge is 2.11. The second-order valence-electron chi connectivity index (χ2n) is 4.24. The molecule has 1 aromatic carbocycles. The number of aromatic nitrogens is 1. The van der Waals surface area contributed by atoms with Gasteiger partial charge in [0.1, 0.15) is 6.61 Å². The smallest absolute Gasteiger partial charge is 0.337 e. The predicted molar refractivity (Wildman–Crippen MR) is 82.3 cm³/mol. The summed E-state index contributed by atoms with van der Waals surface area (Å²) < 4.78 is 15.9. The lowest BCUT2D eigenvalue weighted by atomic mass is 10.2. The quantitative estimate of drug-likeness (QED) is 0.818. The van der Waals surface area contributed by atoms with Gasteiger partial charge in [-0.25, -0.2) is 9.78 Å². The van der Waals surface area contributed by atoms with Gasteiger partial charge in [0.15, 0.2) is 11.5 Å². The van der Waals surface area contributed by atoms with E-state index in [-0.39, 0.29) is 23.7 Å². The summed E-state index contributed by atoms with van der Waals surface area (Å²) in [4.78, 5) is 15.6. The monoisotopic (exact) mass is 367 g/mol. The maximum Gasteiger partial charge on any atom is 0.337 e. The molecule has 0 fully saturated rings. The number of carbonyl (C=O) groups excluding carboxylic acids is 1. The van der Waals surface area contributed by atoms with Crippen LogP contribution in [0.5, 0.6) is 17.4 Å². The summed E-state index contributed by atoms with van der Waals surface area (Å²) >= 11 is 3.37. The number of benzene rings is 1. The topological polar surface area (TPSA) is 77.9 Å². The van der Waals surface area contributed by atoms with Crippen molar-refractivity contribution in [3.05, 3.63) is 46.1 Å². The number of hydrogen-bond acceptors (Lipinski definition) is 6. The minimum atomic E-state index is -0.529. The van der Waals surface area contributed by atoms with Crippen molar-refractivity contribution in [2.24, 2.45) is 0 Å². The Labute approximate surface area is 135 Å². The first-order valence-corrected chi connectivity index (χ1v) is 7.08. The first kappa shape index (κ1) is 16.1. The number of rotatable bonds is 5. The third-order valence-electron chi connectivity index (χ3n) is 2.85. The molecule has 116 valence electrons. The first-order chi connectivity index (χ1) is 10.5. The Hall–Kier alpha value is -2.28. The summed E-state index contributed by atoms with van der Waals surface area (Å²) in [6, 6.07) is 7.81. The van der Waals surface area contributed by atoms with E-state index >= 15 is 0 Å². The molecule has 0 saturated heterocycles. The fraction of sp³-hybridized carbons (Fsp3) is 0.200. The Bertz CT molecular complexity index is 690. The van der Waals surface area contributed by atoms with Crippen molar-refractivity contribution in [3.63, 3.8) is 0 Å². The standard InChI is InChI=1S/C15H14BrNO5/c1-20-14-6-4-10(16)11(17-14)8-22-13-5-3-9(7-12(13)18)15(19)21-2/h3-7,18H,8H2,1-2H3. The maximum atomic E-state index is 11.4. The van der Waals surface area contributed by atoms with Crippen molar-refractivity contribution in [1.29, 1.82) is 0 Å². The first-order valence-electron chi connectivity index (χ1n) is 6.28. The van der Waals surface area contributed by atoms with E-state index in [4.69, 9.17) is 9.47 Å². The Morgan fingerprint density at radius 3 is 2.68 bits per heavy atom. The number of ether oxygens (including phenoxy) is 3. The molecule has 0 bridgehead atoms. The van der Waals surface area contributed by atoms with Crippen molar-refractivity contribution in [2.45, 2.75) is 6.61 Å². The van der Waals surface area contributed by atoms with Crippen LogP contribution in [0.2, 0.25) is 0 Å². The van der Waals surface area contributed by atoms with Crippen molar-refractivity contribution >= 4 is 21.9 Å². The van der Waals surface area contributed by atoms with Gasteiger partial charge >= 0.3 is 5.97 Å². The summed E-state index contributed by atoms with van der Waals surface area (Å²) in [5, 5.41) is 9.89. The SMILES string of the molecule is COC(=O)c1ccc(OCc2nc(OC)ccc2Br)c(O)c1. The van der Waals surface area contributed by atoms with Crippen LogP contribution in [0.1, 0.15) is 16.1 Å². The van der Waals surface area contributed by atoms with Gasteiger partial charge in [0.05, 0.1) is 25.5 Å². The van der Waals surface area contributed by atoms with Gasteiger partial charge in [-0.1, -0.05) is 0 Å². The van der Waals surface area contributed by atoms with E-state index in [1.807, 2.05) is 0 Å². The number of phenols is 1. The fourth-order valence-corrected chi connectivity index (χ4v) is 2.04. The molecule has 0 saturated carbocycles. The predicted octanol–water partition coefficient (Wildman–Crippen LogP) is 2.92. The van der Waals surface area contributed by atoms with Gasteiger partial charge in [-0.15, -0.1) is 0 Å². The highest BCUT2D eigenvalue weighted by atomic mass is 79.9. The Balaban J connectivity index is 2.13. The highest BCUT2D eigenvalue weighted by Crippen LogP contribution is 2.29. The van der Waals surface area contributed by atoms with E-state index in [9.17, 15) is 9.90 Å². The molecule has 1 heterocycles. The van der Waals surface area contributed by atoms with Crippen LogP contribution in [0.4, 0.5) is 0 Å². The van der Waals surface area contributed by atoms with Crippen molar-refractivity contribution < 1.29 is 24.1 Å². The molecule has 0 aliphatic rings. The van der Waals surface area contributed by atoms with E-state index in [2.05, 4.69) is 25.7 Å². The number of phenolic OH excluding ortho intramolecular Hbond substituents is 1. The molecule has 7 heteroatoms. The molecule has 0 radical (unpaired) electrons. The molecule has 0 aliphatic carbocycles. The number of methoxy groups -OCH3 is 2. The molecule has 1 N–H and O–H groups in total. The Morgan fingerprint density at radius 2 is 2.05 bits per heavy atom. The molecule has 0 spiro atoms. The van der Waals surface area contributed by atoms with Crippen LogP contribution in [0.25, 0.3) is 0 Å². The van der Waals surface area contributed by atoms with Crippen LogP contribution in [-0.2, 0) is 11.3 Å². The minimum absolute atomic E-state index is 0.128. The number of carbonyl (C=O) groups is 1. The molecule has 1 aromatic heterocycles. The molecule has 22 heavy (non-hydrogen) atoms. The van der Waals surface area contributed by atoms with Crippen LogP contribution < -0.4 is 9.47 Å². The lowest BCUT2D eigenvalue weighted by Gasteiger charge is -2.10. The maximum absolute atomic E-state index is 11.4. The number of esters is 1. The number of pyridine rings is 1. The summed E-state index contributed by atoms with van der Waals surface area (Å²) in [6.07, 6.45) is 0. The second-order valence-corrected chi connectivity index (χ2v) is 5.10. The van der Waals surface area contributed by atoms with Gasteiger partial charge in [0.2, 0.25) is 5.88 Å². The third-order valence-corrected chi connectivity index (χ3v) is 3.57. The molecule has 0 aliphatic heterocycles. The van der Waals surface area contributed by atoms with Gasteiger partial charge in [-0.3, -0.25) is 0 Å². The van der Waals surface area contributed by atoms with Crippen LogP contribution >= 0.6 is 15.9 Å². The second kappa shape index (κ2) is 7.13. The van der Waals surface area contributed by atoms with Gasteiger partial charge in [-0.05, 0) is 40.2 Å². The van der Waals surface area contributed by atoms with Crippen molar-refractivity contribution in [1.82, 2.24) is 4.98 Å². The summed E-state index contributed by atoms with van der Waals surface area (Å²) in [7, 11) is 2.80. The molecule has 2 rings (SSSR count). The lowest BCUT2D eigenvalue weighted by molar-refractivity contribution is 0.0600. The van der Waals surface area contributed by atoms with Crippen LogP contribution in [0.3, 0.4) is 0 Å². The van der Waals surface area contributed by atoms with Gasteiger partial charge < -0.3 is 19.3 Å². The highest BCUT2D eigenvalue weighted by molar-refractivity contribution is 9.10. The van der Waals surface area contributed by atoms with E-state index < -0.39 is 5.97 Å². The van der Waals surface area contributed by atoms with E-state index in [0.717, 1.165) is 4.47 Å². The Morgan fingerprint density at radius 1 is 1.27 bits per heavy atom. The average molecular weight is 368 g/mol. The zero-order chi connectivity index (χ0) is 16.1. The Kier molecular flexibility index (Phi) is 5.21. The average Bonchev–Trinajstić information content (AvgIpc) is 2.54. The van der Waals surface area contributed by atoms with E-state index in [0.29, 0.717) is 11.6 Å². The number of aromatic hydroxyl groups is 1. The summed E-state index contributed by atoms with van der Waals surface area (Å²) in [5.41, 5.74) is 0.865. The zero-order valence-corrected chi connectivity index (χ0v) is 13.6. The zero-order valence-electron chi connectivity index (χ0n) is 12.0. The molecule has 6 nitrogen and oxygen atoms in total. The van der Waals surface area contributed by atoms with Gasteiger partial charge in [0.25, 0.3) is 0 Å². The molecular weight excluding hydrogens is 354 g/mol. The van der Waals surface area contributed by atoms with Crippen molar-refractivity contribution in [3.8, 4) is 17.4 Å². The van der Waals surface area contributed by atoms with Crippen LogP contribution in [0.15, 0.2) is 34.8 Å². The van der Waals surface area contributed by atoms with Crippen LogP contribution in [-0.4, -0.2) is 30.3 Å². The molecular formula is C15H14BrNO5. The lowest BCUT2D eigenvalue weighted by Crippen LogP contribution is -2.03. The number of nitrogens with zero attached hydrogens (tertiary/aromatic N) is 1. The van der Waals surface area contributed by atoms with Crippen molar-refractivity contribution in [2.75, 3.05) is 14.2 Å². The minimum Gasteiger partial charge on any atom is -0.504 e. The van der Waals surface area contributed by atoms with Gasteiger partial charge in [0, 0.05) is 10.5 Å².